The van der Waals surface area contributed by atoms with Gasteiger partial charge in [0, 0.05) is 31.1 Å². The smallest absolute Gasteiger partial charge is 0.123 e. The van der Waals surface area contributed by atoms with Gasteiger partial charge in [-0.1, -0.05) is 25.1 Å². The summed E-state index contributed by atoms with van der Waals surface area (Å²) in [7, 11) is 0. The molecule has 3 heterocycles. The van der Waals surface area contributed by atoms with E-state index in [4.69, 9.17) is 4.74 Å². The predicted octanol–water partition coefficient (Wildman–Crippen LogP) is 2.60. The van der Waals surface area contributed by atoms with Crippen LogP contribution < -0.4 is 10.1 Å². The van der Waals surface area contributed by atoms with E-state index in [1.807, 2.05) is 0 Å². The van der Waals surface area contributed by atoms with E-state index in [0.29, 0.717) is 6.10 Å². The van der Waals surface area contributed by atoms with Gasteiger partial charge in [0.1, 0.15) is 11.9 Å². The molecule has 1 aromatic carbocycles. The highest BCUT2D eigenvalue weighted by Gasteiger charge is 2.36. The maximum Gasteiger partial charge on any atom is 0.123 e. The van der Waals surface area contributed by atoms with Crippen molar-refractivity contribution < 1.29 is 4.74 Å². The molecule has 0 aromatic heterocycles. The first kappa shape index (κ1) is 13.6. The maximum absolute atomic E-state index is 6.14. The van der Waals surface area contributed by atoms with Gasteiger partial charge in [-0.25, -0.2) is 0 Å². The Kier molecular flexibility index (Phi) is 3.64. The minimum absolute atomic E-state index is 0.342. The summed E-state index contributed by atoms with van der Waals surface area (Å²) in [4.78, 5) is 2.67. The van der Waals surface area contributed by atoms with Crippen LogP contribution >= 0.6 is 0 Å². The summed E-state index contributed by atoms with van der Waals surface area (Å²) in [5.74, 6) is 1.10. The van der Waals surface area contributed by atoms with E-state index in [1.54, 1.807) is 0 Å². The van der Waals surface area contributed by atoms with Gasteiger partial charge < -0.3 is 10.1 Å². The fraction of sp³-hybridized carbons (Fsp3) is 0.667. The lowest BCUT2D eigenvalue weighted by atomic mass is 9.97. The third kappa shape index (κ3) is 2.69. The highest BCUT2D eigenvalue weighted by atomic mass is 16.5. The summed E-state index contributed by atoms with van der Waals surface area (Å²) in [5, 5.41) is 3.75. The lowest BCUT2D eigenvalue weighted by Gasteiger charge is -2.38. The van der Waals surface area contributed by atoms with Gasteiger partial charge in [-0.3, -0.25) is 4.90 Å². The second kappa shape index (κ2) is 5.62. The van der Waals surface area contributed by atoms with Crippen molar-refractivity contribution in [3.63, 3.8) is 0 Å². The van der Waals surface area contributed by atoms with Gasteiger partial charge in [0.15, 0.2) is 0 Å². The van der Waals surface area contributed by atoms with Gasteiger partial charge in [-0.05, 0) is 43.9 Å². The Hall–Kier alpha value is -1.06. The van der Waals surface area contributed by atoms with Crippen LogP contribution in [0.5, 0.6) is 5.75 Å². The van der Waals surface area contributed by atoms with Crippen molar-refractivity contribution in [3.8, 4) is 5.75 Å². The van der Waals surface area contributed by atoms with Crippen molar-refractivity contribution in [3.05, 3.63) is 29.8 Å². The summed E-state index contributed by atoms with van der Waals surface area (Å²) in [6.45, 7) is 4.52. The third-order valence-electron chi connectivity index (χ3n) is 5.52. The second-order valence-corrected chi connectivity index (χ2v) is 6.90. The number of likely N-dealkylation sites (N-methyl/N-ethyl adjacent to an activating group) is 1. The molecule has 21 heavy (non-hydrogen) atoms. The molecule has 0 spiro atoms. The van der Waals surface area contributed by atoms with Crippen molar-refractivity contribution in [1.29, 1.82) is 0 Å². The van der Waals surface area contributed by atoms with Gasteiger partial charge >= 0.3 is 0 Å². The molecule has 0 amide bonds. The van der Waals surface area contributed by atoms with Gasteiger partial charge in [0.2, 0.25) is 0 Å². The molecule has 0 aliphatic carbocycles. The molecule has 2 saturated heterocycles. The largest absolute Gasteiger partial charge is 0.488 e. The summed E-state index contributed by atoms with van der Waals surface area (Å²) in [6.07, 6.45) is 6.82. The summed E-state index contributed by atoms with van der Waals surface area (Å²) in [5.41, 5.74) is 1.38. The number of fused-ring (bicyclic) bond motifs is 3. The average Bonchev–Trinajstić information content (AvgIpc) is 3.07. The molecule has 0 radical (unpaired) electrons. The number of hydrogen-bond donors (Lipinski definition) is 1. The van der Waals surface area contributed by atoms with Gasteiger partial charge in [0.05, 0.1) is 0 Å². The number of hydrogen-bond acceptors (Lipinski definition) is 3. The molecule has 4 rings (SSSR count). The minimum atomic E-state index is 0.342. The summed E-state index contributed by atoms with van der Waals surface area (Å²) >= 11 is 0. The van der Waals surface area contributed by atoms with Crippen LogP contribution in [0, 0.1) is 0 Å². The van der Waals surface area contributed by atoms with E-state index in [1.165, 1.54) is 31.2 Å². The average molecular weight is 286 g/mol. The van der Waals surface area contributed by atoms with Crippen molar-refractivity contribution >= 4 is 0 Å². The first-order chi connectivity index (χ1) is 10.3. The fourth-order valence-electron chi connectivity index (χ4n) is 4.48. The Morgan fingerprint density at radius 1 is 1.19 bits per heavy atom. The Balaban J connectivity index is 1.39. The van der Waals surface area contributed by atoms with Crippen molar-refractivity contribution in [2.45, 2.75) is 63.3 Å². The van der Waals surface area contributed by atoms with Crippen LogP contribution in [0.2, 0.25) is 0 Å². The van der Waals surface area contributed by atoms with Crippen molar-refractivity contribution in [2.24, 2.45) is 0 Å². The molecular weight excluding hydrogens is 260 g/mol. The molecule has 1 aromatic rings. The van der Waals surface area contributed by atoms with Crippen molar-refractivity contribution in [2.75, 3.05) is 13.1 Å². The summed E-state index contributed by atoms with van der Waals surface area (Å²) in [6, 6.07) is 10.8. The second-order valence-electron chi connectivity index (χ2n) is 6.90. The van der Waals surface area contributed by atoms with Crippen molar-refractivity contribution in [1.82, 2.24) is 10.2 Å². The summed E-state index contributed by atoms with van der Waals surface area (Å²) < 4.78 is 6.14. The molecule has 0 saturated carbocycles. The highest BCUT2D eigenvalue weighted by Crippen LogP contribution is 2.32. The molecule has 3 atom stereocenters. The number of piperidine rings is 1. The van der Waals surface area contributed by atoms with Gasteiger partial charge in [0.25, 0.3) is 0 Å². The number of benzene rings is 1. The number of rotatable bonds is 4. The first-order valence-electron chi connectivity index (χ1n) is 8.56. The third-order valence-corrected chi connectivity index (χ3v) is 5.52. The first-order valence-corrected chi connectivity index (χ1v) is 8.56. The van der Waals surface area contributed by atoms with E-state index in [0.717, 1.165) is 43.4 Å². The van der Waals surface area contributed by atoms with E-state index in [9.17, 15) is 0 Å². The molecule has 3 heteroatoms. The number of para-hydroxylation sites is 1. The normalized spacial score (nSPS) is 34.0. The minimum Gasteiger partial charge on any atom is -0.488 e. The van der Waals surface area contributed by atoms with Crippen LogP contribution in [0.3, 0.4) is 0 Å². The lowest BCUT2D eigenvalue weighted by molar-refractivity contribution is 0.0941. The van der Waals surface area contributed by atoms with E-state index in [2.05, 4.69) is 41.4 Å². The van der Waals surface area contributed by atoms with Gasteiger partial charge in [-0.2, -0.15) is 0 Å². The predicted molar refractivity (Wildman–Crippen MR) is 84.8 cm³/mol. The molecule has 1 N–H and O–H groups in total. The quantitative estimate of drug-likeness (QED) is 0.921. The van der Waals surface area contributed by atoms with Crippen LogP contribution in [0.1, 0.15) is 38.2 Å². The van der Waals surface area contributed by atoms with E-state index < -0.39 is 0 Å². The SMILES string of the molecule is CCN(CC1Cc2ccccc2O1)C1CC2CCC(C1)N2. The Bertz CT molecular complexity index is 467. The Morgan fingerprint density at radius 2 is 1.95 bits per heavy atom. The lowest BCUT2D eigenvalue weighted by Crippen LogP contribution is -2.50. The molecule has 114 valence electrons. The molecule has 3 unspecified atom stereocenters. The number of nitrogens with zero attached hydrogens (tertiary/aromatic N) is 1. The number of ether oxygens (including phenoxy) is 1. The molecule has 2 bridgehead atoms. The van der Waals surface area contributed by atoms with Crippen LogP contribution in [0.4, 0.5) is 0 Å². The zero-order valence-electron chi connectivity index (χ0n) is 12.9. The molecule has 3 aliphatic heterocycles. The number of nitrogens with one attached hydrogen (secondary N) is 1. The van der Waals surface area contributed by atoms with Crippen LogP contribution in [0.15, 0.2) is 24.3 Å². The molecule has 3 aliphatic rings. The highest BCUT2D eigenvalue weighted by molar-refractivity contribution is 5.37. The Morgan fingerprint density at radius 3 is 2.67 bits per heavy atom. The maximum atomic E-state index is 6.14. The topological polar surface area (TPSA) is 24.5 Å². The van der Waals surface area contributed by atoms with Crippen LogP contribution in [-0.4, -0.2) is 42.2 Å². The van der Waals surface area contributed by atoms with Crippen LogP contribution in [-0.2, 0) is 6.42 Å². The van der Waals surface area contributed by atoms with Crippen LogP contribution in [0.25, 0.3) is 0 Å². The standard InChI is InChI=1S/C18H26N2O/c1-2-20(16-10-14-7-8-15(11-16)19-14)12-17-9-13-5-3-4-6-18(13)21-17/h3-6,14-17,19H,2,7-12H2,1H3. The molecular formula is C18H26N2O. The zero-order valence-corrected chi connectivity index (χ0v) is 12.9. The Labute approximate surface area is 127 Å². The van der Waals surface area contributed by atoms with Gasteiger partial charge in [-0.15, -0.1) is 0 Å². The molecule has 3 nitrogen and oxygen atoms in total. The van der Waals surface area contributed by atoms with E-state index in [-0.39, 0.29) is 0 Å². The monoisotopic (exact) mass is 286 g/mol. The fourth-order valence-corrected chi connectivity index (χ4v) is 4.48. The van der Waals surface area contributed by atoms with E-state index >= 15 is 0 Å². The molecule has 2 fully saturated rings. The zero-order chi connectivity index (χ0) is 14.2.